The Morgan fingerprint density at radius 1 is 1.46 bits per heavy atom. The van der Waals surface area contributed by atoms with E-state index in [0.717, 1.165) is 6.20 Å². The van der Waals surface area contributed by atoms with Crippen molar-refractivity contribution in [2.45, 2.75) is 0 Å². The molecule has 0 spiro atoms. The first-order valence-electron chi connectivity index (χ1n) is 7.71. The number of ketones is 1. The molecule has 1 aliphatic heterocycles. The lowest BCUT2D eigenvalue weighted by molar-refractivity contribution is -0.113. The van der Waals surface area contributed by atoms with E-state index in [4.69, 9.17) is 27.9 Å². The normalized spacial score (nSPS) is 15.6. The minimum Gasteiger partial charge on any atom is -0.378 e. The van der Waals surface area contributed by atoms with Crippen LogP contribution in [-0.4, -0.2) is 47.9 Å². The van der Waals surface area contributed by atoms with Crippen LogP contribution >= 0.6 is 23.2 Å². The summed E-state index contributed by atoms with van der Waals surface area (Å²) in [6.45, 7) is 5.61. The molecule has 1 aliphatic rings. The third kappa shape index (κ3) is 5.69. The molecule has 10 heteroatoms. The zero-order valence-corrected chi connectivity index (χ0v) is 15.4. The van der Waals surface area contributed by atoms with Crippen LogP contribution in [0.2, 0.25) is 0 Å². The SMILES string of the molecule is C=C/C(Cl)=C\C(=CNNc1ncc(F)c(N2CCOCC2)n1)C(=O)CCl. The zero-order valence-electron chi connectivity index (χ0n) is 13.8. The molecule has 2 N–H and O–H groups in total. The number of allylic oxidation sites excluding steroid dienone is 4. The van der Waals surface area contributed by atoms with Gasteiger partial charge in [-0.1, -0.05) is 24.3 Å². The van der Waals surface area contributed by atoms with Gasteiger partial charge in [-0.05, 0) is 6.08 Å². The number of rotatable bonds is 8. The summed E-state index contributed by atoms with van der Waals surface area (Å²) in [5, 5.41) is 0.282. The van der Waals surface area contributed by atoms with Gasteiger partial charge < -0.3 is 15.1 Å². The number of hydrazine groups is 1. The number of ether oxygens (including phenoxy) is 1. The van der Waals surface area contributed by atoms with Crippen LogP contribution in [-0.2, 0) is 9.53 Å². The van der Waals surface area contributed by atoms with E-state index in [-0.39, 0.29) is 34.0 Å². The first kappa shape index (κ1) is 20.2. The zero-order chi connectivity index (χ0) is 18.9. The molecule has 2 heterocycles. The Labute approximate surface area is 160 Å². The lowest BCUT2D eigenvalue weighted by atomic mass is 10.2. The topological polar surface area (TPSA) is 79.4 Å². The third-order valence-corrected chi connectivity index (χ3v) is 3.89. The summed E-state index contributed by atoms with van der Waals surface area (Å²) < 4.78 is 19.2. The summed E-state index contributed by atoms with van der Waals surface area (Å²) in [6.07, 6.45) is 5.24. The van der Waals surface area contributed by atoms with Crippen LogP contribution in [0.15, 0.2) is 41.7 Å². The van der Waals surface area contributed by atoms with Crippen molar-refractivity contribution in [2.75, 3.05) is 42.5 Å². The Hall–Kier alpha value is -2.16. The fourth-order valence-electron chi connectivity index (χ4n) is 2.08. The van der Waals surface area contributed by atoms with Gasteiger partial charge in [-0.3, -0.25) is 10.2 Å². The number of carbonyl (C=O) groups is 1. The molecule has 0 bridgehead atoms. The number of Topliss-reactive ketones (excluding diaryl/α,β-unsaturated/α-hetero) is 1. The molecule has 26 heavy (non-hydrogen) atoms. The molecule has 0 aromatic carbocycles. The second-order valence-corrected chi connectivity index (χ2v) is 5.83. The average Bonchev–Trinajstić information content (AvgIpc) is 2.68. The van der Waals surface area contributed by atoms with E-state index in [1.807, 2.05) is 0 Å². The minimum atomic E-state index is -0.522. The summed E-state index contributed by atoms with van der Waals surface area (Å²) in [5.74, 6) is -0.745. The van der Waals surface area contributed by atoms with Gasteiger partial charge >= 0.3 is 0 Å². The van der Waals surface area contributed by atoms with E-state index in [1.54, 1.807) is 4.90 Å². The molecule has 1 aromatic heterocycles. The predicted octanol–water partition coefficient (Wildman–Crippen LogP) is 2.37. The number of alkyl halides is 1. The maximum absolute atomic E-state index is 14.0. The van der Waals surface area contributed by atoms with Crippen molar-refractivity contribution >= 4 is 40.8 Å². The summed E-state index contributed by atoms with van der Waals surface area (Å²) in [7, 11) is 0. The molecule has 0 amide bonds. The first-order chi connectivity index (χ1) is 12.5. The highest BCUT2D eigenvalue weighted by Gasteiger charge is 2.17. The highest BCUT2D eigenvalue weighted by Crippen LogP contribution is 2.18. The van der Waals surface area contributed by atoms with Crippen LogP contribution in [0.3, 0.4) is 0 Å². The molecule has 140 valence electrons. The van der Waals surface area contributed by atoms with Crippen molar-refractivity contribution < 1.29 is 13.9 Å². The Morgan fingerprint density at radius 3 is 2.85 bits per heavy atom. The van der Waals surface area contributed by atoms with Crippen LogP contribution in [0.1, 0.15) is 0 Å². The van der Waals surface area contributed by atoms with Crippen molar-refractivity contribution in [2.24, 2.45) is 0 Å². The molecule has 0 unspecified atom stereocenters. The van der Waals surface area contributed by atoms with Crippen LogP contribution in [0.25, 0.3) is 0 Å². The van der Waals surface area contributed by atoms with E-state index >= 15 is 0 Å². The summed E-state index contributed by atoms with van der Waals surface area (Å²) >= 11 is 11.4. The lowest BCUT2D eigenvalue weighted by Crippen LogP contribution is -2.37. The van der Waals surface area contributed by atoms with Gasteiger partial charge in [-0.15, -0.1) is 11.6 Å². The maximum Gasteiger partial charge on any atom is 0.243 e. The van der Waals surface area contributed by atoms with Gasteiger partial charge in [0.25, 0.3) is 0 Å². The highest BCUT2D eigenvalue weighted by molar-refractivity contribution is 6.33. The minimum absolute atomic E-state index is 0.139. The highest BCUT2D eigenvalue weighted by atomic mass is 35.5. The molecule has 1 aromatic rings. The van der Waals surface area contributed by atoms with E-state index in [1.165, 1.54) is 18.4 Å². The Bertz CT molecular complexity index is 721. The Morgan fingerprint density at radius 2 is 2.19 bits per heavy atom. The van der Waals surface area contributed by atoms with Gasteiger partial charge in [0.1, 0.15) is 0 Å². The van der Waals surface area contributed by atoms with Crippen molar-refractivity contribution in [3.63, 3.8) is 0 Å². The van der Waals surface area contributed by atoms with Gasteiger partial charge in [0, 0.05) is 29.9 Å². The molecule has 0 saturated carbocycles. The summed E-state index contributed by atoms with van der Waals surface area (Å²) in [6, 6.07) is 0. The molecular formula is C16H18Cl2FN5O2. The van der Waals surface area contributed by atoms with Gasteiger partial charge in [0.2, 0.25) is 5.95 Å². The molecule has 1 saturated heterocycles. The molecular weight excluding hydrogens is 384 g/mol. The fraction of sp³-hybridized carbons (Fsp3) is 0.312. The standard InChI is InChI=1S/C16H18Cl2FN5O2/c1-2-12(18)7-11(14(25)8-17)9-21-23-16-20-10-13(19)15(22-16)24-3-5-26-6-4-24/h2,7,9-10,21H,1,3-6,8H2,(H,20,22,23)/b11-9?,12-7+. The Kier molecular flexibility index (Phi) is 7.83. The van der Waals surface area contributed by atoms with Gasteiger partial charge in [0.05, 0.1) is 25.3 Å². The van der Waals surface area contributed by atoms with Crippen LogP contribution in [0.4, 0.5) is 16.2 Å². The number of hydrogen-bond acceptors (Lipinski definition) is 7. The van der Waals surface area contributed by atoms with Crippen molar-refractivity contribution in [1.29, 1.82) is 0 Å². The van der Waals surface area contributed by atoms with E-state index in [2.05, 4.69) is 27.4 Å². The second kappa shape index (κ2) is 10.1. The van der Waals surface area contributed by atoms with Crippen LogP contribution in [0, 0.1) is 5.82 Å². The van der Waals surface area contributed by atoms with Crippen molar-refractivity contribution in [3.05, 3.63) is 47.6 Å². The predicted molar refractivity (Wildman–Crippen MR) is 99.7 cm³/mol. The largest absolute Gasteiger partial charge is 0.378 e. The molecule has 0 atom stereocenters. The summed E-state index contributed by atoms with van der Waals surface area (Å²) in [4.78, 5) is 21.6. The second-order valence-electron chi connectivity index (χ2n) is 5.12. The van der Waals surface area contributed by atoms with Crippen LogP contribution in [0.5, 0.6) is 0 Å². The number of morpholine rings is 1. The number of anilines is 2. The number of carbonyl (C=O) groups excluding carboxylic acids is 1. The van der Waals surface area contributed by atoms with Gasteiger partial charge in [-0.25, -0.2) is 9.37 Å². The fourth-order valence-corrected chi connectivity index (χ4v) is 2.35. The third-order valence-electron chi connectivity index (χ3n) is 3.38. The summed E-state index contributed by atoms with van der Waals surface area (Å²) in [5.41, 5.74) is 5.59. The molecule has 1 fully saturated rings. The smallest absolute Gasteiger partial charge is 0.243 e. The molecule has 2 rings (SSSR count). The monoisotopic (exact) mass is 401 g/mol. The first-order valence-corrected chi connectivity index (χ1v) is 8.62. The number of aromatic nitrogens is 2. The number of nitrogens with one attached hydrogen (secondary N) is 2. The molecule has 7 nitrogen and oxygen atoms in total. The van der Waals surface area contributed by atoms with E-state index in [9.17, 15) is 9.18 Å². The van der Waals surface area contributed by atoms with Gasteiger partial charge in [0.15, 0.2) is 17.4 Å². The molecule has 0 radical (unpaired) electrons. The van der Waals surface area contributed by atoms with Crippen molar-refractivity contribution in [3.8, 4) is 0 Å². The quantitative estimate of drug-likeness (QED) is 0.299. The maximum atomic E-state index is 14.0. The van der Waals surface area contributed by atoms with E-state index in [0.29, 0.717) is 26.3 Å². The lowest BCUT2D eigenvalue weighted by Gasteiger charge is -2.28. The van der Waals surface area contributed by atoms with Crippen molar-refractivity contribution in [1.82, 2.24) is 15.4 Å². The van der Waals surface area contributed by atoms with E-state index < -0.39 is 5.82 Å². The van der Waals surface area contributed by atoms with Crippen LogP contribution < -0.4 is 15.8 Å². The number of nitrogens with zero attached hydrogens (tertiary/aromatic N) is 3. The number of halogens is 3. The number of hydrogen-bond donors (Lipinski definition) is 2. The molecule has 0 aliphatic carbocycles. The Balaban J connectivity index is 2.10. The average molecular weight is 402 g/mol. The van der Waals surface area contributed by atoms with Gasteiger partial charge in [-0.2, -0.15) is 4.98 Å².